The average Bonchev–Trinajstić information content (AvgIpc) is 3.34. The smallest absolute Gasteiger partial charge is 0.215 e. The van der Waals surface area contributed by atoms with Gasteiger partial charge in [0, 0.05) is 6.54 Å². The number of hydrogen-bond acceptors (Lipinski definition) is 6. The van der Waals surface area contributed by atoms with Crippen molar-refractivity contribution in [3.8, 4) is 0 Å². The molecular formula is C30H57N2O4P. The summed E-state index contributed by atoms with van der Waals surface area (Å²) in [5.41, 5.74) is 0. The summed E-state index contributed by atoms with van der Waals surface area (Å²) in [5.74, 6) is 0.702. The Morgan fingerprint density at radius 3 is 2.03 bits per heavy atom. The van der Waals surface area contributed by atoms with E-state index < -0.39 is 13.8 Å². The van der Waals surface area contributed by atoms with Crippen LogP contribution in [0.25, 0.3) is 0 Å². The van der Waals surface area contributed by atoms with Crippen molar-refractivity contribution in [3.63, 3.8) is 0 Å². The van der Waals surface area contributed by atoms with E-state index in [0.29, 0.717) is 18.1 Å². The molecule has 37 heavy (non-hydrogen) atoms. The highest BCUT2D eigenvalue weighted by molar-refractivity contribution is 7.39. The van der Waals surface area contributed by atoms with Crippen LogP contribution in [0.15, 0.2) is 28.7 Å². The van der Waals surface area contributed by atoms with Gasteiger partial charge in [0.1, 0.15) is 23.9 Å². The second kappa shape index (κ2) is 23.0. The molecule has 216 valence electrons. The van der Waals surface area contributed by atoms with Crippen LogP contribution in [0.1, 0.15) is 121 Å². The third-order valence-electron chi connectivity index (χ3n) is 6.79. The number of rotatable bonds is 25. The third kappa shape index (κ3) is 17.3. The first-order valence-corrected chi connectivity index (χ1v) is 16.2. The molecule has 0 amide bonds. The Labute approximate surface area is 228 Å². The fraction of sp³-hybridized carbons (Fsp3) is 0.800. The highest BCUT2D eigenvalue weighted by Gasteiger charge is 2.27. The number of aliphatic hydroxyl groups excluding tert-OH is 1. The Bertz CT molecular complexity index is 708. The number of furan rings is 1. The predicted octanol–water partition coefficient (Wildman–Crippen LogP) is 8.18. The summed E-state index contributed by atoms with van der Waals surface area (Å²) in [5, 5.41) is 9.36. The highest BCUT2D eigenvalue weighted by Crippen LogP contribution is 2.44. The molecule has 0 aromatic carbocycles. The molecule has 7 heteroatoms. The summed E-state index contributed by atoms with van der Waals surface area (Å²) in [6.45, 7) is 4.40. The largest absolute Gasteiger partial charge is 0.461 e. The Morgan fingerprint density at radius 2 is 1.46 bits per heavy atom. The van der Waals surface area contributed by atoms with E-state index in [4.69, 9.17) is 8.94 Å². The van der Waals surface area contributed by atoms with E-state index in [1.54, 1.807) is 6.07 Å². The van der Waals surface area contributed by atoms with E-state index in [1.807, 2.05) is 13.1 Å². The van der Waals surface area contributed by atoms with E-state index in [-0.39, 0.29) is 6.61 Å². The molecule has 1 heterocycles. The molecule has 2 atom stereocenters. The summed E-state index contributed by atoms with van der Waals surface area (Å²) < 4.78 is 24.7. The predicted molar refractivity (Wildman–Crippen MR) is 158 cm³/mol. The maximum absolute atomic E-state index is 13.1. The van der Waals surface area contributed by atoms with Crippen LogP contribution < -0.4 is 0 Å². The molecular weight excluding hydrogens is 483 g/mol. The maximum Gasteiger partial charge on any atom is 0.215 e. The standard InChI is InChI=1S/C30H57N2O4P/c1-5-6-7-8-9-10-11-12-13-14-15-16-17-18-19-20-26-35-37(34)30(29-23-22-28(27-33)36-29)32(4)25-21-24-31(2)3/h12-13,22-23,30,33,37H,5-11,14-21,24-27H2,1-4H3/b13-12-. The monoisotopic (exact) mass is 540 g/mol. The summed E-state index contributed by atoms with van der Waals surface area (Å²) in [6.07, 6.45) is 23.5. The molecule has 1 aromatic heterocycles. The summed E-state index contributed by atoms with van der Waals surface area (Å²) in [4.78, 5) is 4.21. The molecule has 6 nitrogen and oxygen atoms in total. The van der Waals surface area contributed by atoms with Gasteiger partial charge >= 0.3 is 0 Å². The van der Waals surface area contributed by atoms with E-state index in [2.05, 4.69) is 43.0 Å². The van der Waals surface area contributed by atoms with Gasteiger partial charge < -0.3 is 18.9 Å². The van der Waals surface area contributed by atoms with Crippen LogP contribution in [0, 0.1) is 0 Å². The van der Waals surface area contributed by atoms with Crippen molar-refractivity contribution in [1.82, 2.24) is 9.80 Å². The average molecular weight is 541 g/mol. The molecule has 0 bridgehead atoms. The summed E-state index contributed by atoms with van der Waals surface area (Å²) in [6, 6.07) is 3.56. The first-order chi connectivity index (χ1) is 18.0. The van der Waals surface area contributed by atoms with Crippen LogP contribution in [-0.2, 0) is 15.7 Å². The van der Waals surface area contributed by atoms with E-state index in [0.717, 1.165) is 32.4 Å². The number of unbranched alkanes of at least 4 members (excludes halogenated alkanes) is 12. The van der Waals surface area contributed by atoms with Gasteiger partial charge in [-0.05, 0) is 78.3 Å². The summed E-state index contributed by atoms with van der Waals surface area (Å²) in [7, 11) is 3.71. The van der Waals surface area contributed by atoms with Crippen molar-refractivity contribution in [1.29, 1.82) is 0 Å². The zero-order chi connectivity index (χ0) is 27.1. The van der Waals surface area contributed by atoms with E-state index >= 15 is 0 Å². The van der Waals surface area contributed by atoms with Gasteiger partial charge in [0.15, 0.2) is 0 Å². The van der Waals surface area contributed by atoms with Crippen LogP contribution >= 0.6 is 8.03 Å². The number of hydrogen-bond donors (Lipinski definition) is 1. The molecule has 1 N–H and O–H groups in total. The lowest BCUT2D eigenvalue weighted by Crippen LogP contribution is -2.26. The van der Waals surface area contributed by atoms with Crippen molar-refractivity contribution < 1.29 is 18.6 Å². The number of aliphatic hydroxyl groups is 1. The van der Waals surface area contributed by atoms with Gasteiger partial charge in [-0.2, -0.15) is 0 Å². The Balaban J connectivity index is 2.18. The van der Waals surface area contributed by atoms with Crippen molar-refractivity contribution in [2.75, 3.05) is 40.8 Å². The zero-order valence-corrected chi connectivity index (χ0v) is 25.4. The van der Waals surface area contributed by atoms with Gasteiger partial charge in [-0.3, -0.25) is 9.46 Å². The van der Waals surface area contributed by atoms with Gasteiger partial charge in [0.05, 0.1) is 6.61 Å². The first kappa shape index (κ1) is 34.1. The van der Waals surface area contributed by atoms with Crippen LogP contribution in [0.4, 0.5) is 0 Å². The van der Waals surface area contributed by atoms with Gasteiger partial charge in [-0.15, -0.1) is 0 Å². The highest BCUT2D eigenvalue weighted by atomic mass is 31.1. The van der Waals surface area contributed by atoms with Gasteiger partial charge in [-0.1, -0.05) is 76.9 Å². The van der Waals surface area contributed by atoms with E-state index in [1.165, 1.54) is 77.0 Å². The van der Waals surface area contributed by atoms with Crippen LogP contribution in [-0.4, -0.2) is 55.7 Å². The van der Waals surface area contributed by atoms with Crippen molar-refractivity contribution >= 4 is 8.03 Å². The van der Waals surface area contributed by atoms with Crippen molar-refractivity contribution in [3.05, 3.63) is 35.8 Å². The molecule has 1 aromatic rings. The van der Waals surface area contributed by atoms with Crippen molar-refractivity contribution in [2.45, 2.75) is 116 Å². The lowest BCUT2D eigenvalue weighted by atomic mass is 10.1. The number of nitrogens with zero attached hydrogens (tertiary/aromatic N) is 2. The van der Waals surface area contributed by atoms with Gasteiger partial charge in [-0.25, -0.2) is 0 Å². The minimum absolute atomic E-state index is 0.158. The molecule has 0 saturated heterocycles. The Hall–Kier alpha value is -0.910. The molecule has 1 rings (SSSR count). The molecule has 0 aliphatic carbocycles. The topological polar surface area (TPSA) is 66.2 Å². The Kier molecular flexibility index (Phi) is 21.2. The van der Waals surface area contributed by atoms with E-state index in [9.17, 15) is 9.67 Å². The van der Waals surface area contributed by atoms with Crippen LogP contribution in [0.5, 0.6) is 0 Å². The molecule has 0 aliphatic heterocycles. The van der Waals surface area contributed by atoms with Gasteiger partial charge in [0.2, 0.25) is 8.03 Å². The molecule has 0 fully saturated rings. The lowest BCUT2D eigenvalue weighted by Gasteiger charge is -2.26. The van der Waals surface area contributed by atoms with Crippen LogP contribution in [0.2, 0.25) is 0 Å². The fourth-order valence-corrected chi connectivity index (χ4v) is 5.89. The normalized spacial score (nSPS) is 13.8. The second-order valence-corrected chi connectivity index (χ2v) is 12.1. The zero-order valence-electron chi connectivity index (χ0n) is 24.4. The SMILES string of the molecule is CCCCCCCC/C=C\CCCCCCCCO[PH](=O)C(c1ccc(CO)o1)N(C)CCCN(C)C. The van der Waals surface area contributed by atoms with Gasteiger partial charge in [0.25, 0.3) is 0 Å². The third-order valence-corrected chi connectivity index (χ3v) is 8.45. The maximum atomic E-state index is 13.1. The lowest BCUT2D eigenvalue weighted by molar-refractivity contribution is 0.212. The summed E-state index contributed by atoms with van der Waals surface area (Å²) >= 11 is 0. The van der Waals surface area contributed by atoms with Crippen LogP contribution in [0.3, 0.4) is 0 Å². The minimum Gasteiger partial charge on any atom is -0.461 e. The molecule has 0 aliphatic rings. The van der Waals surface area contributed by atoms with Crippen molar-refractivity contribution in [2.24, 2.45) is 0 Å². The fourth-order valence-electron chi connectivity index (χ4n) is 4.51. The quantitative estimate of drug-likeness (QED) is 0.0766. The number of allylic oxidation sites excluding steroid dienone is 2. The molecule has 0 radical (unpaired) electrons. The Morgan fingerprint density at radius 1 is 0.865 bits per heavy atom. The molecule has 2 unspecified atom stereocenters. The first-order valence-electron chi connectivity index (χ1n) is 14.9. The second-order valence-electron chi connectivity index (χ2n) is 10.6. The molecule has 0 spiro atoms. The minimum atomic E-state index is -2.36. The molecule has 0 saturated carbocycles.